The smallest absolute Gasteiger partial charge is 0.302 e. The van der Waals surface area contributed by atoms with Crippen LogP contribution < -0.4 is 0 Å². The molecule has 0 radical (unpaired) electrons. The SMILES string of the molecule is CC(=O)OCC1(C)C=CC=CC1. The van der Waals surface area contributed by atoms with E-state index in [0.29, 0.717) is 6.61 Å². The summed E-state index contributed by atoms with van der Waals surface area (Å²) >= 11 is 0. The lowest BCUT2D eigenvalue weighted by molar-refractivity contribution is -0.143. The quantitative estimate of drug-likeness (QED) is 0.587. The standard InChI is InChI=1S/C10H14O2/c1-9(11)12-8-10(2)6-4-3-5-7-10/h3-6H,7-8H2,1-2H3. The summed E-state index contributed by atoms with van der Waals surface area (Å²) in [6.07, 6.45) is 9.11. The molecule has 0 saturated carbocycles. The fraction of sp³-hybridized carbons (Fsp3) is 0.500. The molecule has 0 aromatic rings. The molecule has 0 aromatic heterocycles. The summed E-state index contributed by atoms with van der Waals surface area (Å²) in [4.78, 5) is 10.6. The second-order valence-electron chi connectivity index (χ2n) is 3.43. The molecule has 1 atom stereocenters. The maximum atomic E-state index is 10.6. The fourth-order valence-corrected chi connectivity index (χ4v) is 1.15. The number of ether oxygens (including phenoxy) is 1. The second kappa shape index (κ2) is 3.57. The Balaban J connectivity index is 2.44. The molecular weight excluding hydrogens is 152 g/mol. The number of esters is 1. The van der Waals surface area contributed by atoms with Gasteiger partial charge in [0.05, 0.1) is 0 Å². The Hall–Kier alpha value is -1.05. The number of carbonyl (C=O) groups excluding carboxylic acids is 1. The Bertz CT molecular complexity index is 228. The van der Waals surface area contributed by atoms with Gasteiger partial charge in [0.1, 0.15) is 6.61 Å². The van der Waals surface area contributed by atoms with E-state index in [-0.39, 0.29) is 11.4 Å². The van der Waals surface area contributed by atoms with Crippen molar-refractivity contribution in [2.45, 2.75) is 20.3 Å². The first-order valence-electron chi connectivity index (χ1n) is 4.10. The van der Waals surface area contributed by atoms with Crippen LogP contribution in [0, 0.1) is 5.41 Å². The number of hydrogen-bond acceptors (Lipinski definition) is 2. The summed E-state index contributed by atoms with van der Waals surface area (Å²) in [6, 6.07) is 0. The Morgan fingerprint density at radius 3 is 2.83 bits per heavy atom. The molecule has 1 aliphatic carbocycles. The lowest BCUT2D eigenvalue weighted by Gasteiger charge is -2.25. The molecule has 12 heavy (non-hydrogen) atoms. The minimum absolute atomic E-state index is 0.000417. The maximum Gasteiger partial charge on any atom is 0.302 e. The first-order valence-corrected chi connectivity index (χ1v) is 4.10. The highest BCUT2D eigenvalue weighted by Crippen LogP contribution is 2.27. The second-order valence-corrected chi connectivity index (χ2v) is 3.43. The molecule has 2 nitrogen and oxygen atoms in total. The molecule has 0 saturated heterocycles. The highest BCUT2D eigenvalue weighted by Gasteiger charge is 2.22. The molecule has 0 fully saturated rings. The van der Waals surface area contributed by atoms with Crippen molar-refractivity contribution in [3.63, 3.8) is 0 Å². The zero-order chi connectivity index (χ0) is 9.03. The van der Waals surface area contributed by atoms with E-state index in [0.717, 1.165) is 6.42 Å². The van der Waals surface area contributed by atoms with Crippen LogP contribution in [0.5, 0.6) is 0 Å². The van der Waals surface area contributed by atoms with Gasteiger partial charge in [-0.2, -0.15) is 0 Å². The lowest BCUT2D eigenvalue weighted by Crippen LogP contribution is -2.22. The highest BCUT2D eigenvalue weighted by molar-refractivity contribution is 5.65. The van der Waals surface area contributed by atoms with Crippen LogP contribution in [0.2, 0.25) is 0 Å². The molecule has 2 heteroatoms. The van der Waals surface area contributed by atoms with E-state index in [1.54, 1.807) is 0 Å². The van der Waals surface area contributed by atoms with Crippen molar-refractivity contribution in [3.05, 3.63) is 24.3 Å². The molecule has 0 N–H and O–H groups in total. The van der Waals surface area contributed by atoms with Crippen molar-refractivity contribution in [1.82, 2.24) is 0 Å². The lowest BCUT2D eigenvalue weighted by atomic mass is 9.85. The molecule has 0 aliphatic heterocycles. The van der Waals surface area contributed by atoms with E-state index in [9.17, 15) is 4.79 Å². The van der Waals surface area contributed by atoms with E-state index in [4.69, 9.17) is 4.74 Å². The van der Waals surface area contributed by atoms with Crippen molar-refractivity contribution in [3.8, 4) is 0 Å². The van der Waals surface area contributed by atoms with Gasteiger partial charge in [-0.1, -0.05) is 31.2 Å². The topological polar surface area (TPSA) is 26.3 Å². The van der Waals surface area contributed by atoms with Crippen LogP contribution in [0.15, 0.2) is 24.3 Å². The third-order valence-electron chi connectivity index (χ3n) is 1.94. The third-order valence-corrected chi connectivity index (χ3v) is 1.94. The average Bonchev–Trinajstić information content (AvgIpc) is 2.03. The van der Waals surface area contributed by atoms with Gasteiger partial charge in [-0.3, -0.25) is 4.79 Å². The van der Waals surface area contributed by atoms with Gasteiger partial charge in [0.25, 0.3) is 0 Å². The van der Waals surface area contributed by atoms with Gasteiger partial charge in [0.2, 0.25) is 0 Å². The van der Waals surface area contributed by atoms with Gasteiger partial charge in [0, 0.05) is 12.3 Å². The van der Waals surface area contributed by atoms with Crippen molar-refractivity contribution < 1.29 is 9.53 Å². The predicted octanol–water partition coefficient (Wildman–Crippen LogP) is 2.07. The van der Waals surface area contributed by atoms with Crippen LogP contribution in [-0.2, 0) is 9.53 Å². The molecule has 0 spiro atoms. The van der Waals surface area contributed by atoms with Gasteiger partial charge in [-0.05, 0) is 6.42 Å². The summed E-state index contributed by atoms with van der Waals surface area (Å²) in [6.45, 7) is 3.99. The zero-order valence-electron chi connectivity index (χ0n) is 7.54. The highest BCUT2D eigenvalue weighted by atomic mass is 16.5. The van der Waals surface area contributed by atoms with Crippen LogP contribution in [0.25, 0.3) is 0 Å². The number of hydrogen-bond donors (Lipinski definition) is 0. The molecule has 0 aromatic carbocycles. The van der Waals surface area contributed by atoms with E-state index in [2.05, 4.69) is 19.1 Å². The number of allylic oxidation sites excluding steroid dienone is 3. The summed E-state index contributed by atoms with van der Waals surface area (Å²) < 4.78 is 4.96. The molecule has 1 aliphatic rings. The van der Waals surface area contributed by atoms with Crippen LogP contribution in [-0.4, -0.2) is 12.6 Å². The van der Waals surface area contributed by atoms with Gasteiger partial charge >= 0.3 is 5.97 Å². The third kappa shape index (κ3) is 2.53. The molecular formula is C10H14O2. The van der Waals surface area contributed by atoms with Gasteiger partial charge < -0.3 is 4.74 Å². The first kappa shape index (κ1) is 9.04. The molecule has 1 unspecified atom stereocenters. The number of rotatable bonds is 2. The molecule has 66 valence electrons. The van der Waals surface area contributed by atoms with Crippen LogP contribution in [0.3, 0.4) is 0 Å². The van der Waals surface area contributed by atoms with E-state index in [1.807, 2.05) is 12.2 Å². The fourth-order valence-electron chi connectivity index (χ4n) is 1.15. The Labute approximate surface area is 72.9 Å². The van der Waals surface area contributed by atoms with E-state index in [1.165, 1.54) is 6.92 Å². The van der Waals surface area contributed by atoms with Crippen LogP contribution in [0.4, 0.5) is 0 Å². The maximum absolute atomic E-state index is 10.6. The molecule has 0 bridgehead atoms. The normalized spacial score (nSPS) is 27.2. The van der Waals surface area contributed by atoms with Gasteiger partial charge in [-0.25, -0.2) is 0 Å². The molecule has 1 rings (SSSR count). The summed E-state index contributed by atoms with van der Waals surface area (Å²) in [5, 5.41) is 0. The van der Waals surface area contributed by atoms with Gasteiger partial charge in [-0.15, -0.1) is 0 Å². The van der Waals surface area contributed by atoms with Crippen molar-refractivity contribution in [1.29, 1.82) is 0 Å². The Morgan fingerprint density at radius 1 is 1.58 bits per heavy atom. The number of carbonyl (C=O) groups is 1. The summed E-state index contributed by atoms with van der Waals surface area (Å²) in [5.41, 5.74) is 0.000417. The minimum Gasteiger partial charge on any atom is -0.465 e. The predicted molar refractivity (Wildman–Crippen MR) is 47.6 cm³/mol. The van der Waals surface area contributed by atoms with E-state index < -0.39 is 0 Å². The summed E-state index contributed by atoms with van der Waals surface area (Å²) in [5.74, 6) is -0.209. The van der Waals surface area contributed by atoms with E-state index >= 15 is 0 Å². The molecule has 0 amide bonds. The van der Waals surface area contributed by atoms with Gasteiger partial charge in [0.15, 0.2) is 0 Å². The average molecular weight is 166 g/mol. The van der Waals surface area contributed by atoms with Crippen molar-refractivity contribution in [2.75, 3.05) is 6.61 Å². The first-order chi connectivity index (χ1) is 5.62. The monoisotopic (exact) mass is 166 g/mol. The van der Waals surface area contributed by atoms with Crippen LogP contribution >= 0.6 is 0 Å². The van der Waals surface area contributed by atoms with Crippen molar-refractivity contribution in [2.24, 2.45) is 5.41 Å². The minimum atomic E-state index is -0.209. The Morgan fingerprint density at radius 2 is 2.33 bits per heavy atom. The van der Waals surface area contributed by atoms with Crippen LogP contribution in [0.1, 0.15) is 20.3 Å². The largest absolute Gasteiger partial charge is 0.465 e. The summed E-state index contributed by atoms with van der Waals surface area (Å²) in [7, 11) is 0. The Kier molecular flexibility index (Phi) is 2.69. The zero-order valence-corrected chi connectivity index (χ0v) is 7.54. The molecule has 0 heterocycles. The van der Waals surface area contributed by atoms with Crippen molar-refractivity contribution >= 4 is 5.97 Å².